The highest BCUT2D eigenvalue weighted by atomic mass is 19.4. The number of hydrogen-bond acceptors (Lipinski definition) is 1. The molecule has 0 fully saturated rings. The summed E-state index contributed by atoms with van der Waals surface area (Å²) in [7, 11) is 1.48. The van der Waals surface area contributed by atoms with E-state index >= 15 is 0 Å². The zero-order valence-electron chi connectivity index (χ0n) is 8.61. The number of rotatable bonds is 3. The van der Waals surface area contributed by atoms with Gasteiger partial charge in [-0.25, -0.2) is 4.39 Å². The van der Waals surface area contributed by atoms with Crippen LogP contribution in [-0.2, 0) is 6.18 Å². The predicted molar refractivity (Wildman–Crippen MR) is 53.4 cm³/mol. The van der Waals surface area contributed by atoms with Crippen molar-refractivity contribution in [2.45, 2.75) is 12.2 Å². The van der Waals surface area contributed by atoms with Crippen molar-refractivity contribution in [1.82, 2.24) is 5.32 Å². The Bertz CT molecular complexity index is 384. The summed E-state index contributed by atoms with van der Waals surface area (Å²) in [6.07, 6.45) is -3.20. The van der Waals surface area contributed by atoms with Crippen molar-refractivity contribution in [3.8, 4) is 0 Å². The first kappa shape index (κ1) is 12.7. The van der Waals surface area contributed by atoms with Crippen LogP contribution in [-0.4, -0.2) is 7.05 Å². The van der Waals surface area contributed by atoms with Crippen LogP contribution in [0.2, 0.25) is 0 Å². The summed E-state index contributed by atoms with van der Waals surface area (Å²) in [5.41, 5.74) is -1.02. The largest absolute Gasteiger partial charge is 0.416 e. The van der Waals surface area contributed by atoms with Crippen LogP contribution >= 0.6 is 0 Å². The van der Waals surface area contributed by atoms with Crippen LogP contribution in [0.15, 0.2) is 30.9 Å². The molecule has 1 rings (SSSR count). The molecule has 1 atom stereocenters. The number of hydrogen-bond donors (Lipinski definition) is 1. The van der Waals surface area contributed by atoms with Crippen LogP contribution < -0.4 is 5.32 Å². The molecule has 1 aromatic rings. The summed E-state index contributed by atoms with van der Waals surface area (Å²) in [6.45, 7) is 3.41. The Balaban J connectivity index is 3.33. The number of benzene rings is 1. The normalized spacial score (nSPS) is 13.6. The minimum atomic E-state index is -4.50. The van der Waals surface area contributed by atoms with Crippen molar-refractivity contribution in [1.29, 1.82) is 0 Å². The Morgan fingerprint density at radius 2 is 2.00 bits per heavy atom. The number of nitrogens with one attached hydrogen (secondary N) is 1. The van der Waals surface area contributed by atoms with Gasteiger partial charge in [-0.2, -0.15) is 13.2 Å². The Labute approximate surface area is 90.8 Å². The van der Waals surface area contributed by atoms with Gasteiger partial charge in [0.25, 0.3) is 0 Å². The van der Waals surface area contributed by atoms with Crippen molar-refractivity contribution in [2.75, 3.05) is 7.05 Å². The fraction of sp³-hybridized carbons (Fsp3) is 0.273. The lowest BCUT2D eigenvalue weighted by Gasteiger charge is -2.18. The Morgan fingerprint density at radius 3 is 2.44 bits per heavy atom. The number of halogens is 4. The molecule has 0 saturated carbocycles. The summed E-state index contributed by atoms with van der Waals surface area (Å²) in [6, 6.07) is 1.67. The molecule has 1 nitrogen and oxygen atoms in total. The van der Waals surface area contributed by atoms with Crippen LogP contribution in [0.4, 0.5) is 17.6 Å². The second kappa shape index (κ2) is 4.65. The minimum Gasteiger partial charge on any atom is -0.310 e. The van der Waals surface area contributed by atoms with E-state index in [1.807, 2.05) is 0 Å². The molecule has 0 aromatic heterocycles. The van der Waals surface area contributed by atoms with Gasteiger partial charge >= 0.3 is 6.18 Å². The van der Waals surface area contributed by atoms with E-state index in [2.05, 4.69) is 11.9 Å². The number of alkyl halides is 3. The highest BCUT2D eigenvalue weighted by Gasteiger charge is 2.34. The van der Waals surface area contributed by atoms with Crippen molar-refractivity contribution in [2.24, 2.45) is 0 Å². The van der Waals surface area contributed by atoms with Gasteiger partial charge in [0, 0.05) is 0 Å². The Hall–Kier alpha value is -1.36. The van der Waals surface area contributed by atoms with E-state index in [1.165, 1.54) is 13.1 Å². The van der Waals surface area contributed by atoms with E-state index < -0.39 is 23.6 Å². The fourth-order valence-electron chi connectivity index (χ4n) is 1.45. The molecule has 0 aliphatic heterocycles. The summed E-state index contributed by atoms with van der Waals surface area (Å²) in [5, 5.41) is 2.62. The van der Waals surface area contributed by atoms with E-state index in [0.717, 1.165) is 18.2 Å². The summed E-state index contributed by atoms with van der Waals surface area (Å²) in [5.74, 6) is -0.704. The summed E-state index contributed by atoms with van der Waals surface area (Å²) >= 11 is 0. The van der Waals surface area contributed by atoms with Gasteiger partial charge in [0.2, 0.25) is 0 Å². The van der Waals surface area contributed by atoms with E-state index in [-0.39, 0.29) is 5.56 Å². The molecular weight excluding hydrogens is 222 g/mol. The van der Waals surface area contributed by atoms with Gasteiger partial charge < -0.3 is 5.32 Å². The molecule has 1 N–H and O–H groups in total. The van der Waals surface area contributed by atoms with Gasteiger partial charge in [-0.3, -0.25) is 0 Å². The zero-order chi connectivity index (χ0) is 12.3. The molecule has 88 valence electrons. The maximum Gasteiger partial charge on any atom is 0.416 e. The lowest BCUT2D eigenvalue weighted by atomic mass is 10.00. The Kier molecular flexibility index (Phi) is 3.70. The lowest BCUT2D eigenvalue weighted by molar-refractivity contribution is -0.138. The molecule has 0 aliphatic rings. The van der Waals surface area contributed by atoms with Gasteiger partial charge in [0.15, 0.2) is 0 Å². The SMILES string of the molecule is C=CC(NC)c1cc(F)ccc1C(F)(F)F. The standard InChI is InChI=1S/C11H11F4N/c1-3-10(16-2)8-6-7(12)4-5-9(8)11(13,14)15/h3-6,10,16H,1H2,2H3. The molecule has 0 amide bonds. The van der Waals surface area contributed by atoms with Crippen molar-refractivity contribution in [3.63, 3.8) is 0 Å². The van der Waals surface area contributed by atoms with Gasteiger partial charge in [-0.05, 0) is 30.8 Å². The molecule has 0 spiro atoms. The minimum absolute atomic E-state index is 0.162. The zero-order valence-corrected chi connectivity index (χ0v) is 8.61. The number of likely N-dealkylation sites (N-methyl/N-ethyl adjacent to an activating group) is 1. The topological polar surface area (TPSA) is 12.0 Å². The maximum absolute atomic E-state index is 12.9. The van der Waals surface area contributed by atoms with Crippen LogP contribution in [0.25, 0.3) is 0 Å². The third kappa shape index (κ3) is 2.61. The first-order valence-corrected chi connectivity index (χ1v) is 4.56. The highest BCUT2D eigenvalue weighted by Crippen LogP contribution is 2.35. The van der Waals surface area contributed by atoms with Crippen LogP contribution in [0.5, 0.6) is 0 Å². The summed E-state index contributed by atoms with van der Waals surface area (Å²) < 4.78 is 50.8. The van der Waals surface area contributed by atoms with Crippen molar-refractivity contribution < 1.29 is 17.6 Å². The molecule has 0 bridgehead atoms. The average molecular weight is 233 g/mol. The first-order chi connectivity index (χ1) is 7.40. The molecule has 5 heteroatoms. The Morgan fingerprint density at radius 1 is 1.38 bits per heavy atom. The predicted octanol–water partition coefficient (Wildman–Crippen LogP) is 3.29. The maximum atomic E-state index is 12.9. The molecule has 0 heterocycles. The lowest BCUT2D eigenvalue weighted by Crippen LogP contribution is -2.19. The van der Waals surface area contributed by atoms with Crippen LogP contribution in [0.3, 0.4) is 0 Å². The summed E-state index contributed by atoms with van der Waals surface area (Å²) in [4.78, 5) is 0. The van der Waals surface area contributed by atoms with Gasteiger partial charge in [-0.1, -0.05) is 6.08 Å². The fourth-order valence-corrected chi connectivity index (χ4v) is 1.45. The van der Waals surface area contributed by atoms with Gasteiger partial charge in [0.1, 0.15) is 5.82 Å². The van der Waals surface area contributed by atoms with E-state index in [9.17, 15) is 17.6 Å². The molecule has 1 aromatic carbocycles. The first-order valence-electron chi connectivity index (χ1n) is 4.56. The molecule has 16 heavy (non-hydrogen) atoms. The van der Waals surface area contributed by atoms with E-state index in [1.54, 1.807) is 0 Å². The highest BCUT2D eigenvalue weighted by molar-refractivity contribution is 5.35. The third-order valence-electron chi connectivity index (χ3n) is 2.20. The van der Waals surface area contributed by atoms with Crippen molar-refractivity contribution in [3.05, 3.63) is 47.8 Å². The van der Waals surface area contributed by atoms with Gasteiger partial charge in [-0.15, -0.1) is 6.58 Å². The van der Waals surface area contributed by atoms with Crippen LogP contribution in [0, 0.1) is 5.82 Å². The van der Waals surface area contributed by atoms with Gasteiger partial charge in [0.05, 0.1) is 11.6 Å². The van der Waals surface area contributed by atoms with Crippen molar-refractivity contribution >= 4 is 0 Å². The molecular formula is C11H11F4N. The second-order valence-corrected chi connectivity index (χ2v) is 3.23. The quantitative estimate of drug-likeness (QED) is 0.624. The van der Waals surface area contributed by atoms with E-state index in [0.29, 0.717) is 0 Å². The van der Waals surface area contributed by atoms with Crippen LogP contribution in [0.1, 0.15) is 17.2 Å². The smallest absolute Gasteiger partial charge is 0.310 e. The monoisotopic (exact) mass is 233 g/mol. The second-order valence-electron chi connectivity index (χ2n) is 3.23. The van der Waals surface area contributed by atoms with E-state index in [4.69, 9.17) is 0 Å². The molecule has 0 saturated heterocycles. The third-order valence-corrected chi connectivity index (χ3v) is 2.20. The molecule has 1 unspecified atom stereocenters. The molecule has 0 radical (unpaired) electrons. The molecule has 0 aliphatic carbocycles. The average Bonchev–Trinajstić information content (AvgIpc) is 2.17.